The molecule has 3 heteroatoms. The van der Waals surface area contributed by atoms with Gasteiger partial charge in [-0.05, 0) is 50.2 Å². The fourth-order valence-corrected chi connectivity index (χ4v) is 2.96. The number of carbonyl (C=O) groups is 1. The number of nitrogens with zero attached hydrogens (tertiary/aromatic N) is 1. The second kappa shape index (κ2) is 6.89. The predicted molar refractivity (Wildman–Crippen MR) is 82.9 cm³/mol. The molecule has 1 aromatic carbocycles. The van der Waals surface area contributed by atoms with E-state index in [2.05, 4.69) is 29.6 Å². The van der Waals surface area contributed by atoms with Crippen LogP contribution in [0.2, 0.25) is 0 Å². The van der Waals surface area contributed by atoms with Gasteiger partial charge in [0, 0.05) is 20.1 Å². The molecule has 3 nitrogen and oxygen atoms in total. The number of aryl methyl sites for hydroxylation is 1. The largest absolute Gasteiger partial charge is 0.345 e. The molecule has 0 saturated heterocycles. The van der Waals surface area contributed by atoms with Crippen molar-refractivity contribution in [2.75, 3.05) is 20.1 Å². The normalized spacial score (nSPS) is 19.2. The van der Waals surface area contributed by atoms with E-state index in [9.17, 15) is 4.79 Å². The molecule has 1 aliphatic carbocycles. The average Bonchev–Trinajstić information content (AvgIpc) is 2.50. The maximum atomic E-state index is 12.1. The number of benzene rings is 1. The molecule has 2 atom stereocenters. The third-order valence-corrected chi connectivity index (χ3v) is 4.39. The Kier molecular flexibility index (Phi) is 5.18. The summed E-state index contributed by atoms with van der Waals surface area (Å²) in [6, 6.07) is 8.62. The lowest BCUT2D eigenvalue weighted by molar-refractivity contribution is -0.131. The molecule has 110 valence electrons. The molecule has 0 aliphatic heterocycles. The van der Waals surface area contributed by atoms with Crippen molar-refractivity contribution in [1.29, 1.82) is 0 Å². The topological polar surface area (TPSA) is 32.3 Å². The van der Waals surface area contributed by atoms with E-state index in [1.54, 1.807) is 4.90 Å². The molecule has 1 aromatic rings. The maximum absolute atomic E-state index is 12.1. The first kappa shape index (κ1) is 15.0. The Morgan fingerprint density at radius 1 is 1.45 bits per heavy atom. The number of fused-ring (bicyclic) bond motifs is 1. The number of rotatable bonds is 5. The Hall–Kier alpha value is -1.35. The zero-order valence-electron chi connectivity index (χ0n) is 12.9. The van der Waals surface area contributed by atoms with E-state index in [4.69, 9.17) is 0 Å². The van der Waals surface area contributed by atoms with Crippen LogP contribution < -0.4 is 5.32 Å². The number of hydrogen-bond acceptors (Lipinski definition) is 2. The van der Waals surface area contributed by atoms with Gasteiger partial charge >= 0.3 is 0 Å². The molecule has 20 heavy (non-hydrogen) atoms. The van der Waals surface area contributed by atoms with Crippen LogP contribution in [-0.2, 0) is 11.2 Å². The molecule has 0 radical (unpaired) electrons. The molecule has 0 saturated carbocycles. The third kappa shape index (κ3) is 3.40. The van der Waals surface area contributed by atoms with E-state index in [-0.39, 0.29) is 11.9 Å². The summed E-state index contributed by atoms with van der Waals surface area (Å²) in [5.74, 6) is 0.721. The molecular weight excluding hydrogens is 248 g/mol. The fourth-order valence-electron chi connectivity index (χ4n) is 2.96. The van der Waals surface area contributed by atoms with E-state index in [0.717, 1.165) is 13.1 Å². The molecule has 2 unspecified atom stereocenters. The number of likely N-dealkylation sites (N-methyl/N-ethyl adjacent to an activating group) is 1. The quantitative estimate of drug-likeness (QED) is 0.895. The van der Waals surface area contributed by atoms with Gasteiger partial charge in [0.1, 0.15) is 0 Å². The highest BCUT2D eigenvalue weighted by atomic mass is 16.2. The molecule has 0 fully saturated rings. The van der Waals surface area contributed by atoms with Gasteiger partial charge in [-0.2, -0.15) is 0 Å². The summed E-state index contributed by atoms with van der Waals surface area (Å²) in [7, 11) is 1.86. The summed E-state index contributed by atoms with van der Waals surface area (Å²) >= 11 is 0. The highest BCUT2D eigenvalue weighted by Crippen LogP contribution is 2.30. The van der Waals surface area contributed by atoms with Crippen LogP contribution in [0.1, 0.15) is 43.7 Å². The zero-order chi connectivity index (χ0) is 14.5. The van der Waals surface area contributed by atoms with Crippen molar-refractivity contribution in [2.45, 2.75) is 45.1 Å². The van der Waals surface area contributed by atoms with Crippen LogP contribution in [0, 0.1) is 0 Å². The van der Waals surface area contributed by atoms with Gasteiger partial charge in [0.25, 0.3) is 0 Å². The van der Waals surface area contributed by atoms with Crippen LogP contribution in [-0.4, -0.2) is 37.0 Å². The Bertz CT molecular complexity index is 458. The van der Waals surface area contributed by atoms with E-state index >= 15 is 0 Å². The molecule has 0 bridgehead atoms. The average molecular weight is 274 g/mol. The first-order valence-corrected chi connectivity index (χ1v) is 7.69. The molecule has 0 aromatic heterocycles. The molecule has 0 spiro atoms. The van der Waals surface area contributed by atoms with Crippen molar-refractivity contribution in [3.63, 3.8) is 0 Å². The standard InChI is InChI=1S/C17H26N2O/c1-4-19(3)17(20)13(2)18-12-15-10-7-9-14-8-5-6-11-16(14)15/h5-6,8,11,13,15,18H,4,7,9-10,12H2,1-3H3. The third-order valence-electron chi connectivity index (χ3n) is 4.39. The van der Waals surface area contributed by atoms with Gasteiger partial charge in [-0.25, -0.2) is 0 Å². The van der Waals surface area contributed by atoms with E-state index < -0.39 is 0 Å². The number of hydrogen-bond donors (Lipinski definition) is 1. The van der Waals surface area contributed by atoms with E-state index in [1.165, 1.54) is 30.4 Å². The lowest BCUT2D eigenvalue weighted by Crippen LogP contribution is -2.44. The molecule has 0 heterocycles. The summed E-state index contributed by atoms with van der Waals surface area (Å²) < 4.78 is 0. The van der Waals surface area contributed by atoms with Crippen LogP contribution in [0.15, 0.2) is 24.3 Å². The number of carbonyl (C=O) groups excluding carboxylic acids is 1. The Balaban J connectivity index is 1.94. The second-order valence-electron chi connectivity index (χ2n) is 5.77. The lowest BCUT2D eigenvalue weighted by Gasteiger charge is -2.28. The van der Waals surface area contributed by atoms with Gasteiger partial charge < -0.3 is 10.2 Å². The summed E-state index contributed by atoms with van der Waals surface area (Å²) in [5, 5.41) is 3.42. The monoisotopic (exact) mass is 274 g/mol. The molecule has 2 rings (SSSR count). The Morgan fingerprint density at radius 3 is 2.95 bits per heavy atom. The minimum atomic E-state index is -0.103. The zero-order valence-corrected chi connectivity index (χ0v) is 12.9. The Labute approximate surface area is 122 Å². The number of nitrogens with one attached hydrogen (secondary N) is 1. The van der Waals surface area contributed by atoms with Gasteiger partial charge in [-0.3, -0.25) is 4.79 Å². The summed E-state index contributed by atoms with van der Waals surface area (Å²) in [6.45, 7) is 5.61. The second-order valence-corrected chi connectivity index (χ2v) is 5.77. The summed E-state index contributed by atoms with van der Waals surface area (Å²) in [6.07, 6.45) is 3.66. The molecule has 1 aliphatic rings. The van der Waals surface area contributed by atoms with Crippen molar-refractivity contribution in [2.24, 2.45) is 0 Å². The first-order chi connectivity index (χ1) is 9.63. The van der Waals surface area contributed by atoms with Crippen molar-refractivity contribution in [1.82, 2.24) is 10.2 Å². The fraction of sp³-hybridized carbons (Fsp3) is 0.588. The van der Waals surface area contributed by atoms with Crippen molar-refractivity contribution < 1.29 is 4.79 Å². The van der Waals surface area contributed by atoms with Gasteiger partial charge in [-0.1, -0.05) is 24.3 Å². The SMILES string of the molecule is CCN(C)C(=O)C(C)NCC1CCCc2ccccc21. The van der Waals surface area contributed by atoms with Crippen LogP contribution >= 0.6 is 0 Å². The van der Waals surface area contributed by atoms with Crippen LogP contribution in [0.4, 0.5) is 0 Å². The highest BCUT2D eigenvalue weighted by Gasteiger charge is 2.22. The van der Waals surface area contributed by atoms with Gasteiger partial charge in [0.05, 0.1) is 6.04 Å². The molecular formula is C17H26N2O. The lowest BCUT2D eigenvalue weighted by atomic mass is 9.83. The summed E-state index contributed by atoms with van der Waals surface area (Å²) in [4.78, 5) is 13.8. The molecule has 1 amide bonds. The minimum absolute atomic E-state index is 0.103. The maximum Gasteiger partial charge on any atom is 0.239 e. The highest BCUT2D eigenvalue weighted by molar-refractivity contribution is 5.81. The van der Waals surface area contributed by atoms with Crippen molar-refractivity contribution in [3.05, 3.63) is 35.4 Å². The summed E-state index contributed by atoms with van der Waals surface area (Å²) in [5.41, 5.74) is 2.95. The van der Waals surface area contributed by atoms with Gasteiger partial charge in [0.2, 0.25) is 5.91 Å². The Morgan fingerprint density at radius 2 is 2.20 bits per heavy atom. The van der Waals surface area contributed by atoms with E-state index in [1.807, 2.05) is 20.9 Å². The van der Waals surface area contributed by atoms with Crippen molar-refractivity contribution >= 4 is 5.91 Å². The molecule has 1 N–H and O–H groups in total. The smallest absolute Gasteiger partial charge is 0.239 e. The predicted octanol–water partition coefficient (Wildman–Crippen LogP) is 2.56. The number of amides is 1. The van der Waals surface area contributed by atoms with Gasteiger partial charge in [-0.15, -0.1) is 0 Å². The van der Waals surface area contributed by atoms with Gasteiger partial charge in [0.15, 0.2) is 0 Å². The minimum Gasteiger partial charge on any atom is -0.345 e. The van der Waals surface area contributed by atoms with Crippen LogP contribution in [0.3, 0.4) is 0 Å². The van der Waals surface area contributed by atoms with E-state index in [0.29, 0.717) is 5.92 Å². The van der Waals surface area contributed by atoms with Crippen LogP contribution in [0.25, 0.3) is 0 Å². The van der Waals surface area contributed by atoms with Crippen molar-refractivity contribution in [3.8, 4) is 0 Å². The van der Waals surface area contributed by atoms with Crippen LogP contribution in [0.5, 0.6) is 0 Å². The first-order valence-electron chi connectivity index (χ1n) is 7.69.